The first-order chi connectivity index (χ1) is 14.2. The lowest BCUT2D eigenvalue weighted by atomic mass is 10.1. The first-order valence-corrected chi connectivity index (χ1v) is 9.69. The van der Waals surface area contributed by atoms with Crippen LogP contribution < -0.4 is 10.4 Å². The number of nitrogens with one attached hydrogen (secondary N) is 1. The van der Waals surface area contributed by atoms with Gasteiger partial charge < -0.3 is 10.1 Å². The number of aromatic nitrogens is 3. The largest absolute Gasteiger partial charge is 0.494 e. The number of aromatic hydroxyl groups is 1. The van der Waals surface area contributed by atoms with Crippen molar-refractivity contribution in [2.45, 2.75) is 0 Å². The van der Waals surface area contributed by atoms with E-state index in [9.17, 15) is 5.11 Å². The van der Waals surface area contributed by atoms with Gasteiger partial charge in [0.05, 0.1) is 11.4 Å². The van der Waals surface area contributed by atoms with E-state index in [0.29, 0.717) is 11.2 Å². The summed E-state index contributed by atoms with van der Waals surface area (Å²) in [5, 5.41) is 21.6. The summed E-state index contributed by atoms with van der Waals surface area (Å²) in [6.45, 7) is 0. The average Bonchev–Trinajstić information content (AvgIpc) is 3.28. The van der Waals surface area contributed by atoms with Gasteiger partial charge in [0.25, 0.3) is 0 Å². The molecule has 0 fully saturated rings. The highest BCUT2D eigenvalue weighted by Gasteiger charge is 2.11. The zero-order chi connectivity index (χ0) is 19.8. The number of pyridine rings is 2. The molecule has 6 nitrogen and oxygen atoms in total. The standard InChI is InChI=1S/C22H14BrN5O/c23-15-10-17-18(22(29)26-21(17)25-12-15)8-14-3-5-16-19(27-28-20(16)9-14)6-4-13-2-1-7-24-11-13/h1-12,29H,(H,25,26). The van der Waals surface area contributed by atoms with Gasteiger partial charge in [-0.3, -0.25) is 4.98 Å². The summed E-state index contributed by atoms with van der Waals surface area (Å²) in [5.74, 6) is 0.0828. The van der Waals surface area contributed by atoms with Crippen molar-refractivity contribution in [1.82, 2.24) is 15.0 Å². The first-order valence-electron chi connectivity index (χ1n) is 8.89. The highest BCUT2D eigenvalue weighted by molar-refractivity contribution is 9.10. The summed E-state index contributed by atoms with van der Waals surface area (Å²) < 4.78 is 0.848. The van der Waals surface area contributed by atoms with Crippen LogP contribution in [0.25, 0.3) is 28.9 Å². The van der Waals surface area contributed by atoms with Crippen LogP contribution in [0, 0.1) is 0 Å². The second-order valence-electron chi connectivity index (χ2n) is 6.56. The number of fused-ring (bicyclic) bond motifs is 2. The Morgan fingerprint density at radius 3 is 2.83 bits per heavy atom. The van der Waals surface area contributed by atoms with Crippen molar-refractivity contribution in [2.24, 2.45) is 10.2 Å². The van der Waals surface area contributed by atoms with Gasteiger partial charge in [-0.1, -0.05) is 18.2 Å². The van der Waals surface area contributed by atoms with E-state index in [1.54, 1.807) is 18.6 Å². The smallest absolute Gasteiger partial charge is 0.198 e. The van der Waals surface area contributed by atoms with Gasteiger partial charge in [0.15, 0.2) is 5.88 Å². The van der Waals surface area contributed by atoms with Gasteiger partial charge in [0, 0.05) is 39.2 Å². The second-order valence-corrected chi connectivity index (χ2v) is 7.48. The average molecular weight is 444 g/mol. The minimum atomic E-state index is 0.0828. The van der Waals surface area contributed by atoms with E-state index >= 15 is 0 Å². The zero-order valence-electron chi connectivity index (χ0n) is 15.0. The van der Waals surface area contributed by atoms with Crippen LogP contribution in [0.5, 0.6) is 5.88 Å². The Balaban J connectivity index is 1.57. The van der Waals surface area contributed by atoms with Crippen molar-refractivity contribution in [3.8, 4) is 5.88 Å². The number of halogens is 1. The third-order valence-electron chi connectivity index (χ3n) is 4.63. The van der Waals surface area contributed by atoms with Gasteiger partial charge in [-0.15, -0.1) is 10.2 Å². The number of azo groups is 1. The van der Waals surface area contributed by atoms with Gasteiger partial charge >= 0.3 is 0 Å². The Bertz CT molecular complexity index is 1420. The lowest BCUT2D eigenvalue weighted by Gasteiger charge is -1.95. The molecule has 0 atom stereocenters. The predicted octanol–water partition coefficient (Wildman–Crippen LogP) is 4.17. The normalized spacial score (nSPS) is 13.7. The molecule has 0 bridgehead atoms. The molecule has 5 rings (SSSR count). The molecule has 7 heteroatoms. The molecule has 140 valence electrons. The van der Waals surface area contributed by atoms with Gasteiger partial charge in [-0.2, -0.15) is 0 Å². The Hall–Kier alpha value is -3.58. The van der Waals surface area contributed by atoms with Crippen molar-refractivity contribution in [1.29, 1.82) is 0 Å². The molecule has 1 aromatic carbocycles. The topological polar surface area (TPSA) is 86.5 Å². The first kappa shape index (κ1) is 17.5. The third kappa shape index (κ3) is 3.36. The lowest BCUT2D eigenvalue weighted by Crippen LogP contribution is -2.08. The molecule has 1 aliphatic rings. The van der Waals surface area contributed by atoms with Crippen molar-refractivity contribution in [3.05, 3.63) is 87.1 Å². The van der Waals surface area contributed by atoms with Gasteiger partial charge in [-0.05, 0) is 63.1 Å². The molecule has 0 spiro atoms. The van der Waals surface area contributed by atoms with Gasteiger partial charge in [0.1, 0.15) is 5.65 Å². The van der Waals surface area contributed by atoms with E-state index in [1.807, 2.05) is 54.6 Å². The molecule has 29 heavy (non-hydrogen) atoms. The summed E-state index contributed by atoms with van der Waals surface area (Å²) >= 11 is 3.43. The molecule has 0 aliphatic carbocycles. The Labute approximate surface area is 173 Å². The summed E-state index contributed by atoms with van der Waals surface area (Å²) in [4.78, 5) is 11.3. The summed E-state index contributed by atoms with van der Waals surface area (Å²) in [5.41, 5.74) is 3.92. The van der Waals surface area contributed by atoms with Crippen LogP contribution in [0.4, 0.5) is 5.69 Å². The van der Waals surface area contributed by atoms with Crippen molar-refractivity contribution in [3.63, 3.8) is 0 Å². The minimum Gasteiger partial charge on any atom is -0.494 e. The minimum absolute atomic E-state index is 0.0828. The van der Waals surface area contributed by atoms with E-state index in [1.165, 1.54) is 0 Å². The SMILES string of the molecule is Oc1[nH]c2ncc(Br)cc2c1C=c1ccc2c(c1)N=NC=2C=Cc1cccnc1. The maximum absolute atomic E-state index is 10.3. The maximum Gasteiger partial charge on any atom is 0.198 e. The fourth-order valence-corrected chi connectivity index (χ4v) is 3.57. The molecular weight excluding hydrogens is 430 g/mol. The monoisotopic (exact) mass is 443 g/mol. The summed E-state index contributed by atoms with van der Waals surface area (Å²) in [6.07, 6.45) is 11.0. The molecule has 3 aromatic heterocycles. The number of benzene rings is 1. The van der Waals surface area contributed by atoms with Gasteiger partial charge in [0.2, 0.25) is 0 Å². The number of hydrogen-bond acceptors (Lipinski definition) is 5. The quantitative estimate of drug-likeness (QED) is 0.497. The molecule has 4 heterocycles. The predicted molar refractivity (Wildman–Crippen MR) is 116 cm³/mol. The highest BCUT2D eigenvalue weighted by Crippen LogP contribution is 2.28. The lowest BCUT2D eigenvalue weighted by molar-refractivity contribution is 0.457. The van der Waals surface area contributed by atoms with E-state index in [-0.39, 0.29) is 5.88 Å². The fourth-order valence-electron chi connectivity index (χ4n) is 3.24. The number of rotatable bonds is 3. The van der Waals surface area contributed by atoms with Crippen LogP contribution in [0.1, 0.15) is 11.1 Å². The van der Waals surface area contributed by atoms with Crippen molar-refractivity contribution < 1.29 is 5.11 Å². The molecule has 0 amide bonds. The molecule has 0 unspecified atom stereocenters. The van der Waals surface area contributed by atoms with Crippen LogP contribution in [-0.2, 0) is 0 Å². The zero-order valence-corrected chi connectivity index (χ0v) is 16.6. The van der Waals surface area contributed by atoms with Crippen LogP contribution in [0.2, 0.25) is 0 Å². The highest BCUT2D eigenvalue weighted by atomic mass is 79.9. The Morgan fingerprint density at radius 1 is 1.03 bits per heavy atom. The van der Waals surface area contributed by atoms with Gasteiger partial charge in [-0.25, -0.2) is 4.98 Å². The molecule has 0 saturated heterocycles. The molecule has 4 aromatic rings. The Morgan fingerprint density at radius 2 is 1.97 bits per heavy atom. The number of H-pyrrole nitrogens is 1. The summed E-state index contributed by atoms with van der Waals surface area (Å²) in [7, 11) is 0. The molecule has 1 aliphatic heterocycles. The van der Waals surface area contributed by atoms with Crippen LogP contribution >= 0.6 is 15.9 Å². The number of hydrogen-bond donors (Lipinski definition) is 2. The van der Waals surface area contributed by atoms with Crippen molar-refractivity contribution >= 4 is 50.5 Å². The Kier molecular flexibility index (Phi) is 4.29. The summed E-state index contributed by atoms with van der Waals surface area (Å²) in [6, 6.07) is 11.7. The number of nitrogens with zero attached hydrogens (tertiary/aromatic N) is 4. The second kappa shape index (κ2) is 7.10. The molecule has 2 N–H and O–H groups in total. The maximum atomic E-state index is 10.3. The molecule has 0 radical (unpaired) electrons. The van der Waals surface area contributed by atoms with E-state index in [0.717, 1.165) is 37.2 Å². The fraction of sp³-hybridized carbons (Fsp3) is 0. The number of aromatic amines is 1. The third-order valence-corrected chi connectivity index (χ3v) is 5.06. The van der Waals surface area contributed by atoms with E-state index < -0.39 is 0 Å². The molecular formula is C22H14BrN5O. The molecule has 0 saturated carbocycles. The van der Waals surface area contributed by atoms with E-state index in [2.05, 4.69) is 41.1 Å². The van der Waals surface area contributed by atoms with Crippen LogP contribution in [0.3, 0.4) is 0 Å². The van der Waals surface area contributed by atoms with Crippen LogP contribution in [0.15, 0.2) is 75.8 Å². The van der Waals surface area contributed by atoms with Crippen LogP contribution in [-0.4, -0.2) is 20.1 Å². The van der Waals surface area contributed by atoms with E-state index in [4.69, 9.17) is 0 Å². The van der Waals surface area contributed by atoms with Crippen molar-refractivity contribution in [2.75, 3.05) is 0 Å².